The standard InChI is InChI=1S/C47H40Cl2N8O/c48-35-11-9-31(41-19-27-17-25(7-13-39(27)56-41)37(50)21-29-5-1-3-15-52-29)43-33(35)23-54-45(43)47(58)46-44-32(10-12-36(49)34(44)24-55-46)42-20-28-18-26(8-14-40(28)57-42)38(51)22-30-6-2-4-16-53-30/h1-20,37-38,45-46,54-57H,21-24,50-51H2. The second-order valence-electron chi connectivity index (χ2n) is 15.3. The number of Topliss-reactive ketones (excluding diaryl/α,β-unsaturated/α-hetero) is 1. The first kappa shape index (κ1) is 36.7. The average molecular weight is 804 g/mol. The van der Waals surface area contributed by atoms with Gasteiger partial charge in [0.25, 0.3) is 0 Å². The Morgan fingerprint density at radius 3 is 1.52 bits per heavy atom. The van der Waals surface area contributed by atoms with E-state index < -0.39 is 12.1 Å². The Morgan fingerprint density at radius 1 is 0.621 bits per heavy atom. The summed E-state index contributed by atoms with van der Waals surface area (Å²) in [6.45, 7) is 0.944. The van der Waals surface area contributed by atoms with Crippen LogP contribution >= 0.6 is 23.2 Å². The highest BCUT2D eigenvalue weighted by Crippen LogP contribution is 2.45. The van der Waals surface area contributed by atoms with E-state index in [2.05, 4.69) is 79.1 Å². The van der Waals surface area contributed by atoms with Crippen molar-refractivity contribution in [2.45, 2.75) is 50.1 Å². The lowest BCUT2D eigenvalue weighted by Gasteiger charge is -2.21. The molecular weight excluding hydrogens is 763 g/mol. The average Bonchev–Trinajstić information content (AvgIpc) is 4.06. The molecule has 0 fully saturated rings. The molecule has 11 heteroatoms. The molecule has 0 spiro atoms. The van der Waals surface area contributed by atoms with Gasteiger partial charge in [0.1, 0.15) is 0 Å². The molecule has 288 valence electrons. The number of carbonyl (C=O) groups is 1. The van der Waals surface area contributed by atoms with E-state index in [1.165, 1.54) is 0 Å². The van der Waals surface area contributed by atoms with E-state index in [4.69, 9.17) is 34.7 Å². The van der Waals surface area contributed by atoms with Gasteiger partial charge in [-0.15, -0.1) is 0 Å². The van der Waals surface area contributed by atoms with Gasteiger partial charge in [-0.1, -0.05) is 59.6 Å². The third-order valence-electron chi connectivity index (χ3n) is 11.7. The monoisotopic (exact) mass is 802 g/mol. The zero-order valence-corrected chi connectivity index (χ0v) is 32.9. The van der Waals surface area contributed by atoms with Gasteiger partial charge in [-0.05, 0) is 106 Å². The first-order chi connectivity index (χ1) is 28.3. The maximum absolute atomic E-state index is 15.0. The topological polar surface area (TPSA) is 151 Å². The minimum Gasteiger partial charge on any atom is -0.355 e. The number of aromatic nitrogens is 4. The summed E-state index contributed by atoms with van der Waals surface area (Å²) in [6.07, 6.45) is 4.85. The molecule has 0 amide bonds. The number of ketones is 1. The molecule has 2 aliphatic heterocycles. The summed E-state index contributed by atoms with van der Waals surface area (Å²) in [7, 11) is 0. The van der Waals surface area contributed by atoms with E-state index in [9.17, 15) is 4.79 Å². The first-order valence-corrected chi connectivity index (χ1v) is 20.2. The van der Waals surface area contributed by atoms with Crippen LogP contribution in [0.1, 0.15) is 68.9 Å². The second kappa shape index (κ2) is 14.9. The fourth-order valence-corrected chi connectivity index (χ4v) is 9.27. The van der Waals surface area contributed by atoms with E-state index in [0.29, 0.717) is 36.0 Å². The van der Waals surface area contributed by atoms with Crippen molar-refractivity contribution in [3.63, 3.8) is 0 Å². The fraction of sp³-hybridized carbons (Fsp3) is 0.170. The van der Waals surface area contributed by atoms with Crippen molar-refractivity contribution in [2.24, 2.45) is 11.5 Å². The highest BCUT2D eigenvalue weighted by atomic mass is 35.5. The molecule has 0 aliphatic carbocycles. The molecule has 0 radical (unpaired) electrons. The van der Waals surface area contributed by atoms with Crippen molar-refractivity contribution >= 4 is 50.8 Å². The van der Waals surface area contributed by atoms with E-state index in [-0.39, 0.29) is 17.9 Å². The molecule has 8 aromatic rings. The van der Waals surface area contributed by atoms with Gasteiger partial charge in [0.15, 0.2) is 5.78 Å². The lowest BCUT2D eigenvalue weighted by atomic mass is 9.87. The Hall–Kier alpha value is -5.65. The van der Waals surface area contributed by atoms with E-state index in [0.717, 1.165) is 89.1 Å². The lowest BCUT2D eigenvalue weighted by molar-refractivity contribution is -0.123. The molecule has 10 rings (SSSR count). The summed E-state index contributed by atoms with van der Waals surface area (Å²) in [4.78, 5) is 31.1. The van der Waals surface area contributed by atoms with E-state index in [1.807, 2.05) is 60.7 Å². The van der Waals surface area contributed by atoms with Gasteiger partial charge in [0.05, 0.1) is 12.1 Å². The predicted molar refractivity (Wildman–Crippen MR) is 231 cm³/mol. The molecule has 4 aromatic heterocycles. The molecule has 4 atom stereocenters. The first-order valence-electron chi connectivity index (χ1n) is 19.5. The zero-order chi connectivity index (χ0) is 39.5. The van der Waals surface area contributed by atoms with Crippen LogP contribution in [-0.4, -0.2) is 25.7 Å². The number of nitrogens with zero attached hydrogens (tertiary/aromatic N) is 2. The van der Waals surface area contributed by atoms with Crippen LogP contribution in [0.4, 0.5) is 0 Å². The molecule has 0 saturated carbocycles. The van der Waals surface area contributed by atoms with E-state index in [1.54, 1.807) is 12.4 Å². The van der Waals surface area contributed by atoms with Crippen molar-refractivity contribution < 1.29 is 4.79 Å². The number of aromatic amines is 2. The summed E-state index contributed by atoms with van der Waals surface area (Å²) in [5.41, 5.74) is 26.5. The molecule has 58 heavy (non-hydrogen) atoms. The number of fused-ring (bicyclic) bond motifs is 4. The number of benzene rings is 4. The molecule has 9 nitrogen and oxygen atoms in total. The fourth-order valence-electron chi connectivity index (χ4n) is 8.81. The number of H-pyrrole nitrogens is 2. The number of nitrogens with one attached hydrogen (secondary N) is 4. The summed E-state index contributed by atoms with van der Waals surface area (Å²) >= 11 is 13.7. The lowest BCUT2D eigenvalue weighted by Crippen LogP contribution is -2.32. The number of carbonyl (C=O) groups excluding carboxylic acids is 1. The van der Waals surface area contributed by atoms with Crippen LogP contribution in [-0.2, 0) is 30.7 Å². The summed E-state index contributed by atoms with van der Waals surface area (Å²) in [5.74, 6) is 0.00215. The Kier molecular flexibility index (Phi) is 9.45. The Bertz CT molecular complexity index is 2660. The summed E-state index contributed by atoms with van der Waals surface area (Å²) in [6, 6.07) is 34.7. The van der Waals surface area contributed by atoms with Crippen LogP contribution in [0.5, 0.6) is 0 Å². The maximum Gasteiger partial charge on any atom is 0.175 e. The summed E-state index contributed by atoms with van der Waals surface area (Å²) < 4.78 is 0. The van der Waals surface area contributed by atoms with Crippen LogP contribution in [0.3, 0.4) is 0 Å². The third-order valence-corrected chi connectivity index (χ3v) is 12.5. The molecule has 0 saturated heterocycles. The van der Waals surface area contributed by atoms with Crippen molar-refractivity contribution in [3.05, 3.63) is 176 Å². The number of nitrogens with two attached hydrogens (primary N) is 2. The molecule has 2 aliphatic rings. The van der Waals surface area contributed by atoms with Crippen molar-refractivity contribution in [1.29, 1.82) is 0 Å². The van der Waals surface area contributed by atoms with E-state index >= 15 is 0 Å². The number of hydrogen-bond donors (Lipinski definition) is 6. The van der Waals surface area contributed by atoms with Gasteiger partial charge in [-0.2, -0.15) is 0 Å². The molecule has 6 heterocycles. The van der Waals surface area contributed by atoms with Crippen molar-refractivity contribution in [2.75, 3.05) is 0 Å². The minimum atomic E-state index is -0.612. The number of rotatable bonds is 10. The van der Waals surface area contributed by atoms with Crippen molar-refractivity contribution in [1.82, 2.24) is 30.6 Å². The van der Waals surface area contributed by atoms with Gasteiger partial charge in [0.2, 0.25) is 0 Å². The van der Waals surface area contributed by atoms with Crippen LogP contribution in [0.15, 0.2) is 122 Å². The smallest absolute Gasteiger partial charge is 0.175 e. The number of pyridine rings is 2. The molecule has 0 bridgehead atoms. The second-order valence-corrected chi connectivity index (χ2v) is 16.1. The normalized spacial score (nSPS) is 17.1. The van der Waals surface area contributed by atoms with Gasteiger partial charge in [-0.3, -0.25) is 25.4 Å². The van der Waals surface area contributed by atoms with Crippen LogP contribution in [0, 0.1) is 0 Å². The minimum absolute atomic E-state index is 0.00215. The van der Waals surface area contributed by atoms with Crippen LogP contribution in [0.2, 0.25) is 10.0 Å². The quantitative estimate of drug-likeness (QED) is 0.0808. The zero-order valence-electron chi connectivity index (χ0n) is 31.4. The third kappa shape index (κ3) is 6.60. The number of halogens is 2. The Labute approximate surface area is 345 Å². The highest BCUT2D eigenvalue weighted by Gasteiger charge is 2.41. The Morgan fingerprint density at radius 2 is 1.09 bits per heavy atom. The number of hydrogen-bond acceptors (Lipinski definition) is 7. The van der Waals surface area contributed by atoms with Crippen LogP contribution < -0.4 is 22.1 Å². The SMILES string of the molecule is NC(Cc1ccccn1)c1ccc2[nH]c(-c3ccc(Cl)c4c3C(C(=O)C3NCc5c(Cl)ccc(-c6cc7cc(C(N)Cc8ccccn8)ccc7[nH]6)c53)NC4)cc2c1. The molecule has 4 aromatic carbocycles. The maximum atomic E-state index is 15.0. The van der Waals surface area contributed by atoms with Gasteiger partial charge >= 0.3 is 0 Å². The molecule has 8 N–H and O–H groups in total. The predicted octanol–water partition coefficient (Wildman–Crippen LogP) is 9.12. The Balaban J connectivity index is 0.966. The molecular formula is C47H40Cl2N8O. The van der Waals surface area contributed by atoms with Crippen LogP contribution in [0.25, 0.3) is 44.3 Å². The molecule has 4 unspecified atom stereocenters. The largest absolute Gasteiger partial charge is 0.355 e. The van der Waals surface area contributed by atoms with Gasteiger partial charge < -0.3 is 21.4 Å². The summed E-state index contributed by atoms with van der Waals surface area (Å²) in [5, 5.41) is 10.4. The highest BCUT2D eigenvalue weighted by molar-refractivity contribution is 6.32. The van der Waals surface area contributed by atoms with Gasteiger partial charge in [-0.25, -0.2) is 0 Å². The van der Waals surface area contributed by atoms with Crippen molar-refractivity contribution in [3.8, 4) is 22.5 Å². The van der Waals surface area contributed by atoms with Gasteiger partial charge in [0, 0.05) is 116 Å².